The highest BCUT2D eigenvalue weighted by Crippen LogP contribution is 2.10. The number of nitrogens with zero attached hydrogens (tertiary/aromatic N) is 1. The van der Waals surface area contributed by atoms with Gasteiger partial charge in [0.05, 0.1) is 0 Å². The monoisotopic (exact) mass is 390 g/mol. The SMILES string of the molecule is CN=C(NC)NCc1ccc(NC(=O)C(C)C)cc1.I. The molecule has 0 aliphatic carbocycles. The van der Waals surface area contributed by atoms with Crippen molar-refractivity contribution >= 4 is 41.5 Å². The Labute approximate surface area is 137 Å². The average molecular weight is 390 g/mol. The van der Waals surface area contributed by atoms with Crippen LogP contribution in [0.3, 0.4) is 0 Å². The van der Waals surface area contributed by atoms with Crippen LogP contribution in [0.15, 0.2) is 29.3 Å². The van der Waals surface area contributed by atoms with Gasteiger partial charge in [-0.05, 0) is 17.7 Å². The summed E-state index contributed by atoms with van der Waals surface area (Å²) in [7, 11) is 3.54. The van der Waals surface area contributed by atoms with Crippen molar-refractivity contribution in [1.82, 2.24) is 10.6 Å². The summed E-state index contributed by atoms with van der Waals surface area (Å²) in [6.07, 6.45) is 0. The number of amides is 1. The van der Waals surface area contributed by atoms with Gasteiger partial charge in [-0.1, -0.05) is 26.0 Å². The van der Waals surface area contributed by atoms with Crippen molar-refractivity contribution in [3.63, 3.8) is 0 Å². The number of guanidine groups is 1. The number of hydrogen-bond donors (Lipinski definition) is 3. The molecule has 6 heteroatoms. The number of rotatable bonds is 4. The number of aliphatic imine (C=N–C) groups is 1. The summed E-state index contributed by atoms with van der Waals surface area (Å²) in [5.41, 5.74) is 1.94. The third-order valence-electron chi connectivity index (χ3n) is 2.67. The summed E-state index contributed by atoms with van der Waals surface area (Å²) in [6, 6.07) is 7.76. The second kappa shape index (κ2) is 9.57. The summed E-state index contributed by atoms with van der Waals surface area (Å²) >= 11 is 0. The Morgan fingerprint density at radius 3 is 2.30 bits per heavy atom. The van der Waals surface area contributed by atoms with Gasteiger partial charge in [-0.3, -0.25) is 9.79 Å². The van der Waals surface area contributed by atoms with Gasteiger partial charge in [0.25, 0.3) is 0 Å². The number of nitrogens with one attached hydrogen (secondary N) is 3. The molecule has 0 saturated carbocycles. The fourth-order valence-corrected chi connectivity index (χ4v) is 1.46. The smallest absolute Gasteiger partial charge is 0.226 e. The van der Waals surface area contributed by atoms with Gasteiger partial charge in [0.1, 0.15) is 0 Å². The number of carbonyl (C=O) groups is 1. The van der Waals surface area contributed by atoms with E-state index in [0.717, 1.165) is 17.2 Å². The molecule has 1 aromatic carbocycles. The highest BCUT2D eigenvalue weighted by molar-refractivity contribution is 14.0. The first-order valence-corrected chi connectivity index (χ1v) is 6.35. The van der Waals surface area contributed by atoms with E-state index in [1.807, 2.05) is 45.2 Å². The summed E-state index contributed by atoms with van der Waals surface area (Å²) in [6.45, 7) is 4.43. The molecule has 0 radical (unpaired) electrons. The Kier molecular flexibility index (Phi) is 8.94. The van der Waals surface area contributed by atoms with Crippen LogP contribution in [-0.2, 0) is 11.3 Å². The molecule has 0 fully saturated rings. The fraction of sp³-hybridized carbons (Fsp3) is 0.429. The van der Waals surface area contributed by atoms with Crippen LogP contribution in [0.1, 0.15) is 19.4 Å². The molecule has 112 valence electrons. The van der Waals surface area contributed by atoms with Crippen molar-refractivity contribution in [2.24, 2.45) is 10.9 Å². The molecule has 20 heavy (non-hydrogen) atoms. The van der Waals surface area contributed by atoms with E-state index >= 15 is 0 Å². The van der Waals surface area contributed by atoms with Gasteiger partial charge in [-0.2, -0.15) is 0 Å². The molecule has 0 unspecified atom stereocenters. The van der Waals surface area contributed by atoms with Gasteiger partial charge in [0, 0.05) is 32.2 Å². The summed E-state index contributed by atoms with van der Waals surface area (Å²) in [5, 5.41) is 8.98. The van der Waals surface area contributed by atoms with Crippen molar-refractivity contribution in [1.29, 1.82) is 0 Å². The zero-order chi connectivity index (χ0) is 14.3. The second-order valence-corrected chi connectivity index (χ2v) is 4.52. The fourth-order valence-electron chi connectivity index (χ4n) is 1.46. The van der Waals surface area contributed by atoms with E-state index in [9.17, 15) is 4.79 Å². The Hall–Kier alpha value is -1.31. The van der Waals surface area contributed by atoms with Crippen molar-refractivity contribution in [3.8, 4) is 0 Å². The van der Waals surface area contributed by atoms with Gasteiger partial charge >= 0.3 is 0 Å². The van der Waals surface area contributed by atoms with E-state index in [2.05, 4.69) is 20.9 Å². The van der Waals surface area contributed by atoms with Crippen LogP contribution >= 0.6 is 24.0 Å². The number of anilines is 1. The first-order valence-electron chi connectivity index (χ1n) is 6.35. The lowest BCUT2D eigenvalue weighted by Crippen LogP contribution is -2.34. The predicted octanol–water partition coefficient (Wildman–Crippen LogP) is 2.19. The standard InChI is InChI=1S/C14H22N4O.HI/c1-10(2)13(19)18-12-7-5-11(6-8-12)9-17-14(15-3)16-4;/h5-8,10H,9H2,1-4H3,(H,18,19)(H2,15,16,17);1H. The molecular formula is C14H23IN4O. The van der Waals surface area contributed by atoms with Crippen LogP contribution in [0, 0.1) is 5.92 Å². The zero-order valence-electron chi connectivity index (χ0n) is 12.4. The lowest BCUT2D eigenvalue weighted by Gasteiger charge is -2.10. The number of hydrogen-bond acceptors (Lipinski definition) is 2. The molecule has 1 rings (SSSR count). The van der Waals surface area contributed by atoms with Gasteiger partial charge in [0.2, 0.25) is 5.91 Å². The molecule has 0 atom stereocenters. The van der Waals surface area contributed by atoms with Gasteiger partial charge < -0.3 is 16.0 Å². The molecular weight excluding hydrogens is 367 g/mol. The Bertz CT molecular complexity index is 443. The molecule has 1 amide bonds. The molecule has 0 aromatic heterocycles. The third-order valence-corrected chi connectivity index (χ3v) is 2.67. The van der Waals surface area contributed by atoms with Gasteiger partial charge in [-0.15, -0.1) is 24.0 Å². The van der Waals surface area contributed by atoms with Crippen molar-refractivity contribution in [2.45, 2.75) is 20.4 Å². The molecule has 0 bridgehead atoms. The van der Waals surface area contributed by atoms with E-state index in [-0.39, 0.29) is 35.8 Å². The number of halogens is 1. The van der Waals surface area contributed by atoms with E-state index in [4.69, 9.17) is 0 Å². The van der Waals surface area contributed by atoms with Crippen molar-refractivity contribution in [2.75, 3.05) is 19.4 Å². The maximum Gasteiger partial charge on any atom is 0.226 e. The largest absolute Gasteiger partial charge is 0.359 e. The topological polar surface area (TPSA) is 65.5 Å². The highest BCUT2D eigenvalue weighted by Gasteiger charge is 2.06. The first kappa shape index (κ1) is 18.7. The van der Waals surface area contributed by atoms with Crippen molar-refractivity contribution < 1.29 is 4.79 Å². The minimum Gasteiger partial charge on any atom is -0.359 e. The van der Waals surface area contributed by atoms with E-state index in [1.54, 1.807) is 7.05 Å². The Morgan fingerprint density at radius 2 is 1.85 bits per heavy atom. The second-order valence-electron chi connectivity index (χ2n) is 4.52. The lowest BCUT2D eigenvalue weighted by atomic mass is 10.1. The lowest BCUT2D eigenvalue weighted by molar-refractivity contribution is -0.118. The highest BCUT2D eigenvalue weighted by atomic mass is 127. The summed E-state index contributed by atoms with van der Waals surface area (Å²) in [5.74, 6) is 0.763. The van der Waals surface area contributed by atoms with Crippen molar-refractivity contribution in [3.05, 3.63) is 29.8 Å². The van der Waals surface area contributed by atoms with Crippen LogP contribution in [0.25, 0.3) is 0 Å². The molecule has 0 saturated heterocycles. The summed E-state index contributed by atoms with van der Waals surface area (Å²) < 4.78 is 0. The molecule has 1 aromatic rings. The zero-order valence-corrected chi connectivity index (χ0v) is 14.7. The normalized spacial score (nSPS) is 10.8. The Balaban J connectivity index is 0.00000361. The molecule has 0 spiro atoms. The molecule has 0 heterocycles. The maximum atomic E-state index is 11.5. The first-order chi connectivity index (χ1) is 9.06. The minimum atomic E-state index is -0.0136. The summed E-state index contributed by atoms with van der Waals surface area (Å²) in [4.78, 5) is 15.6. The third kappa shape index (κ3) is 6.23. The van der Waals surface area contributed by atoms with Gasteiger partial charge in [-0.25, -0.2) is 0 Å². The average Bonchev–Trinajstić information content (AvgIpc) is 2.41. The van der Waals surface area contributed by atoms with E-state index < -0.39 is 0 Å². The number of carbonyl (C=O) groups excluding carboxylic acids is 1. The van der Waals surface area contributed by atoms with E-state index in [0.29, 0.717) is 6.54 Å². The van der Waals surface area contributed by atoms with Crippen LogP contribution < -0.4 is 16.0 Å². The molecule has 5 nitrogen and oxygen atoms in total. The molecule has 0 aliphatic rings. The molecule has 3 N–H and O–H groups in total. The predicted molar refractivity (Wildman–Crippen MR) is 94.6 cm³/mol. The quantitative estimate of drug-likeness (QED) is 0.420. The minimum absolute atomic E-state index is 0. The Morgan fingerprint density at radius 1 is 1.25 bits per heavy atom. The molecule has 0 aliphatic heterocycles. The van der Waals surface area contributed by atoms with Crippen LogP contribution in [0.4, 0.5) is 5.69 Å². The number of benzene rings is 1. The maximum absolute atomic E-state index is 11.5. The van der Waals surface area contributed by atoms with Gasteiger partial charge in [0.15, 0.2) is 5.96 Å². The van der Waals surface area contributed by atoms with Crippen LogP contribution in [0.5, 0.6) is 0 Å². The van der Waals surface area contributed by atoms with Crippen LogP contribution in [0.2, 0.25) is 0 Å². The van der Waals surface area contributed by atoms with Crippen LogP contribution in [-0.4, -0.2) is 26.0 Å². The van der Waals surface area contributed by atoms with E-state index in [1.165, 1.54) is 0 Å².